The molecular weight excluding hydrogens is 478 g/mol. The second-order valence-corrected chi connectivity index (χ2v) is 9.80. The number of aromatic nitrogens is 1. The summed E-state index contributed by atoms with van der Waals surface area (Å²) in [7, 11) is 0. The van der Waals surface area contributed by atoms with E-state index >= 15 is 0 Å². The van der Waals surface area contributed by atoms with Gasteiger partial charge in [-0.1, -0.05) is 18.2 Å². The summed E-state index contributed by atoms with van der Waals surface area (Å²) in [5.74, 6) is -1.81. The van der Waals surface area contributed by atoms with E-state index in [4.69, 9.17) is 9.57 Å². The molecule has 0 atom stereocenters. The maximum atomic E-state index is 12.8. The van der Waals surface area contributed by atoms with Crippen molar-refractivity contribution in [2.24, 2.45) is 0 Å². The van der Waals surface area contributed by atoms with Gasteiger partial charge in [0.1, 0.15) is 0 Å². The third-order valence-corrected chi connectivity index (χ3v) is 7.53. The number of ether oxygens (including phenoxy) is 1. The summed E-state index contributed by atoms with van der Waals surface area (Å²) >= 11 is 1.77. The van der Waals surface area contributed by atoms with E-state index in [0.717, 1.165) is 61.6 Å². The van der Waals surface area contributed by atoms with Crippen LogP contribution >= 0.6 is 11.3 Å². The van der Waals surface area contributed by atoms with E-state index in [2.05, 4.69) is 39.4 Å². The van der Waals surface area contributed by atoms with Crippen molar-refractivity contribution < 1.29 is 19.2 Å². The molecule has 2 aromatic carbocycles. The minimum Gasteiger partial charge on any atom is -0.417 e. The van der Waals surface area contributed by atoms with Gasteiger partial charge in [-0.15, -0.1) is 16.1 Å². The molecule has 2 bridgehead atoms. The molecule has 4 heterocycles. The van der Waals surface area contributed by atoms with Gasteiger partial charge in [0.25, 0.3) is 0 Å². The normalized spacial score (nSPS) is 17.4. The Morgan fingerprint density at radius 2 is 1.72 bits per heavy atom. The average molecular weight is 502 g/mol. The van der Waals surface area contributed by atoms with Crippen LogP contribution in [0.2, 0.25) is 0 Å². The summed E-state index contributed by atoms with van der Waals surface area (Å²) in [5.41, 5.74) is 2.09. The Labute approximate surface area is 210 Å². The fourth-order valence-electron chi connectivity index (χ4n) is 4.77. The number of rotatable bonds is 4. The van der Waals surface area contributed by atoms with Crippen LogP contribution in [0.25, 0.3) is 21.0 Å². The molecular formula is C27H23N3O5S. The van der Waals surface area contributed by atoms with Gasteiger partial charge in [-0.05, 0) is 47.7 Å². The van der Waals surface area contributed by atoms with Crippen molar-refractivity contribution in [1.29, 1.82) is 0 Å². The van der Waals surface area contributed by atoms with Crippen molar-refractivity contribution >= 4 is 50.0 Å². The SMILES string of the molecule is O=C1/C=C/C(=O)On2c(=O)c(cc3ccc(CCN4CCN(c5cccc6sccc56)CC4)cc32)O1. The Bertz CT molecular complexity index is 1580. The number of hydrogen-bond acceptors (Lipinski definition) is 8. The van der Waals surface area contributed by atoms with Gasteiger partial charge in [-0.3, -0.25) is 9.69 Å². The van der Waals surface area contributed by atoms with Crippen LogP contribution < -0.4 is 20.0 Å². The zero-order valence-electron chi connectivity index (χ0n) is 19.4. The van der Waals surface area contributed by atoms with Crippen molar-refractivity contribution in [2.45, 2.75) is 6.42 Å². The highest BCUT2D eigenvalue weighted by molar-refractivity contribution is 7.17. The zero-order chi connectivity index (χ0) is 24.6. The molecule has 6 rings (SSSR count). The summed E-state index contributed by atoms with van der Waals surface area (Å²) in [4.78, 5) is 46.8. The van der Waals surface area contributed by atoms with Gasteiger partial charge in [-0.2, -0.15) is 0 Å². The monoisotopic (exact) mass is 501 g/mol. The van der Waals surface area contributed by atoms with Gasteiger partial charge >= 0.3 is 17.5 Å². The Morgan fingerprint density at radius 3 is 2.58 bits per heavy atom. The number of pyridine rings is 1. The minimum absolute atomic E-state index is 0.185. The van der Waals surface area contributed by atoms with Crippen LogP contribution in [0.4, 0.5) is 5.69 Å². The molecule has 9 heteroatoms. The Morgan fingerprint density at radius 1 is 0.889 bits per heavy atom. The number of hydrogen-bond donors (Lipinski definition) is 0. The first kappa shape index (κ1) is 22.5. The van der Waals surface area contributed by atoms with E-state index in [-0.39, 0.29) is 5.75 Å². The van der Waals surface area contributed by atoms with E-state index in [0.29, 0.717) is 10.9 Å². The van der Waals surface area contributed by atoms with Gasteiger partial charge in [0.15, 0.2) is 5.75 Å². The molecule has 36 heavy (non-hydrogen) atoms. The van der Waals surface area contributed by atoms with Gasteiger partial charge in [-0.25, -0.2) is 9.59 Å². The van der Waals surface area contributed by atoms with Crippen LogP contribution in [-0.2, 0) is 16.0 Å². The molecule has 0 amide bonds. The van der Waals surface area contributed by atoms with E-state index in [1.54, 1.807) is 11.3 Å². The minimum atomic E-state index is -0.823. The number of piperazine rings is 1. The first-order chi connectivity index (χ1) is 17.5. The highest BCUT2D eigenvalue weighted by atomic mass is 32.1. The number of carbonyl (C=O) groups excluding carboxylic acids is 2. The molecule has 0 radical (unpaired) electrons. The lowest BCUT2D eigenvalue weighted by atomic mass is 10.1. The number of thiophene rings is 1. The first-order valence-electron chi connectivity index (χ1n) is 11.8. The lowest BCUT2D eigenvalue weighted by Gasteiger charge is -2.36. The number of benzene rings is 2. The van der Waals surface area contributed by atoms with E-state index in [9.17, 15) is 14.4 Å². The summed E-state index contributed by atoms with van der Waals surface area (Å²) in [6.45, 7) is 4.76. The number of anilines is 1. The quantitative estimate of drug-likeness (QED) is 0.398. The predicted molar refractivity (Wildman–Crippen MR) is 139 cm³/mol. The summed E-state index contributed by atoms with van der Waals surface area (Å²) in [6.07, 6.45) is 2.67. The third-order valence-electron chi connectivity index (χ3n) is 6.65. The highest BCUT2D eigenvalue weighted by Crippen LogP contribution is 2.31. The molecule has 0 unspecified atom stereocenters. The fourth-order valence-corrected chi connectivity index (χ4v) is 5.58. The standard InChI is InChI=1S/C27H23N3O5S/c31-25-6-7-26(32)35-30-22-16-18(4-5-19(22)17-23(34-25)27(30)33)8-10-28-11-13-29(14-12-28)21-2-1-3-24-20(21)9-15-36-24/h1-7,9,15-17H,8,10-14H2/b7-6+. The van der Waals surface area contributed by atoms with E-state index in [1.165, 1.54) is 21.8 Å². The topological polar surface area (TPSA) is 81.1 Å². The lowest BCUT2D eigenvalue weighted by Crippen LogP contribution is -2.47. The molecule has 1 fully saturated rings. The summed E-state index contributed by atoms with van der Waals surface area (Å²) in [6, 6.07) is 15.9. The maximum absolute atomic E-state index is 12.8. The van der Waals surface area contributed by atoms with Crippen LogP contribution in [0, 0.1) is 0 Å². The Hall–Kier alpha value is -3.95. The van der Waals surface area contributed by atoms with Crippen LogP contribution in [0.5, 0.6) is 5.75 Å². The van der Waals surface area contributed by atoms with Gasteiger partial charge < -0.3 is 14.5 Å². The number of fused-ring (bicyclic) bond motifs is 5. The highest BCUT2D eigenvalue weighted by Gasteiger charge is 2.20. The van der Waals surface area contributed by atoms with Crippen molar-refractivity contribution in [3.8, 4) is 5.75 Å². The molecule has 4 aromatic rings. The van der Waals surface area contributed by atoms with E-state index in [1.807, 2.05) is 18.2 Å². The largest absolute Gasteiger partial charge is 0.417 e. The Kier molecular flexibility index (Phi) is 5.79. The van der Waals surface area contributed by atoms with Crippen molar-refractivity contribution in [1.82, 2.24) is 9.63 Å². The van der Waals surface area contributed by atoms with Crippen LogP contribution in [0.15, 0.2) is 70.9 Å². The molecule has 2 aromatic heterocycles. The van der Waals surface area contributed by atoms with E-state index < -0.39 is 17.5 Å². The molecule has 0 aliphatic carbocycles. The molecule has 8 nitrogen and oxygen atoms in total. The van der Waals surface area contributed by atoms with Gasteiger partial charge in [0, 0.05) is 66.0 Å². The average Bonchev–Trinajstić information content (AvgIpc) is 3.38. The second kappa shape index (κ2) is 9.25. The second-order valence-electron chi connectivity index (χ2n) is 8.85. The predicted octanol–water partition coefficient (Wildman–Crippen LogP) is 3.01. The number of esters is 1. The van der Waals surface area contributed by atoms with Crippen LogP contribution in [0.1, 0.15) is 5.56 Å². The third kappa shape index (κ3) is 4.27. The molecule has 0 saturated carbocycles. The fraction of sp³-hybridized carbons (Fsp3) is 0.222. The molecule has 2 aliphatic heterocycles. The molecule has 0 N–H and O–H groups in total. The van der Waals surface area contributed by atoms with Crippen LogP contribution in [0.3, 0.4) is 0 Å². The first-order valence-corrected chi connectivity index (χ1v) is 12.7. The number of nitrogens with zero attached hydrogens (tertiary/aromatic N) is 3. The Balaban J connectivity index is 1.17. The summed E-state index contributed by atoms with van der Waals surface area (Å²) in [5, 5.41) is 4.10. The van der Waals surface area contributed by atoms with Gasteiger partial charge in [0.05, 0.1) is 5.52 Å². The molecule has 1 saturated heterocycles. The lowest BCUT2D eigenvalue weighted by molar-refractivity contribution is -0.138. The summed E-state index contributed by atoms with van der Waals surface area (Å²) < 4.78 is 7.30. The zero-order valence-corrected chi connectivity index (χ0v) is 20.2. The molecule has 182 valence electrons. The molecule has 0 spiro atoms. The smallest absolute Gasteiger partial charge is 0.356 e. The van der Waals surface area contributed by atoms with Gasteiger partial charge in [0.2, 0.25) is 0 Å². The van der Waals surface area contributed by atoms with Crippen molar-refractivity contribution in [3.63, 3.8) is 0 Å². The van der Waals surface area contributed by atoms with Crippen molar-refractivity contribution in [3.05, 3.63) is 82.0 Å². The number of carbonyl (C=O) groups is 2. The molecule has 2 aliphatic rings. The van der Waals surface area contributed by atoms with Crippen molar-refractivity contribution in [2.75, 3.05) is 37.6 Å². The maximum Gasteiger partial charge on any atom is 0.356 e. The van der Waals surface area contributed by atoms with Crippen LogP contribution in [-0.4, -0.2) is 54.3 Å².